The maximum Gasteiger partial charge on any atom is 2.00 e. The molecule has 0 heterocycles. The van der Waals surface area contributed by atoms with E-state index in [0.29, 0.717) is 0 Å². The van der Waals surface area contributed by atoms with Crippen molar-refractivity contribution in [3.63, 3.8) is 0 Å². The standard InChI is InChI=1S/C4H10.CH3.ClH.Mg/c1-3-4-2;;;/h3-4H2,1-2H3;1H3;1H;/q;-1;;+2/p-1. The first-order chi connectivity index (χ1) is 1.91. The molecule has 0 saturated heterocycles. The quantitative estimate of drug-likeness (QED) is 0.314. The van der Waals surface area contributed by atoms with Gasteiger partial charge in [0.25, 0.3) is 0 Å². The van der Waals surface area contributed by atoms with E-state index in [1.807, 2.05) is 0 Å². The molecule has 0 bridgehead atoms. The van der Waals surface area contributed by atoms with Crippen molar-refractivity contribution >= 4 is 23.1 Å². The molecule has 0 aliphatic rings. The Hall–Kier alpha value is 1.06. The van der Waals surface area contributed by atoms with Gasteiger partial charge in [-0.1, -0.05) is 26.7 Å². The first-order valence-electron chi connectivity index (χ1n) is 1.91. The number of hydrogen-bond acceptors (Lipinski definition) is 0. The summed E-state index contributed by atoms with van der Waals surface area (Å²) in [6, 6.07) is 0. The molecule has 2 heteroatoms. The summed E-state index contributed by atoms with van der Waals surface area (Å²) in [5, 5.41) is 0. The predicted molar refractivity (Wildman–Crippen MR) is 32.7 cm³/mol. The van der Waals surface area contributed by atoms with Crippen LogP contribution in [0.5, 0.6) is 0 Å². The smallest absolute Gasteiger partial charge is 1.00 e. The Morgan fingerprint density at radius 1 is 1.00 bits per heavy atom. The van der Waals surface area contributed by atoms with Crippen LogP contribution < -0.4 is 12.4 Å². The largest absolute Gasteiger partial charge is 2.00 e. The molecule has 0 aliphatic carbocycles. The minimum atomic E-state index is 0. The van der Waals surface area contributed by atoms with Crippen molar-refractivity contribution in [1.82, 2.24) is 0 Å². The van der Waals surface area contributed by atoms with Crippen molar-refractivity contribution in [3.05, 3.63) is 7.43 Å². The van der Waals surface area contributed by atoms with Gasteiger partial charge in [-0.2, -0.15) is 0 Å². The van der Waals surface area contributed by atoms with Crippen LogP contribution in [0.2, 0.25) is 0 Å². The fraction of sp³-hybridized carbons (Fsp3) is 0.800. The summed E-state index contributed by atoms with van der Waals surface area (Å²) >= 11 is 0. The summed E-state index contributed by atoms with van der Waals surface area (Å²) in [4.78, 5) is 0. The van der Waals surface area contributed by atoms with Gasteiger partial charge in [-0.25, -0.2) is 0 Å². The van der Waals surface area contributed by atoms with Crippen molar-refractivity contribution in [2.24, 2.45) is 0 Å². The Balaban J connectivity index is -0.0000000150. The van der Waals surface area contributed by atoms with Gasteiger partial charge < -0.3 is 19.8 Å². The molecule has 0 aliphatic heterocycles. The van der Waals surface area contributed by atoms with Crippen molar-refractivity contribution in [2.45, 2.75) is 26.7 Å². The molecular weight excluding hydrogens is 120 g/mol. The van der Waals surface area contributed by atoms with E-state index in [9.17, 15) is 0 Å². The molecule has 0 rings (SSSR count). The van der Waals surface area contributed by atoms with Crippen molar-refractivity contribution in [1.29, 1.82) is 0 Å². The van der Waals surface area contributed by atoms with Gasteiger partial charge in [0.15, 0.2) is 0 Å². The van der Waals surface area contributed by atoms with Crippen molar-refractivity contribution < 1.29 is 12.4 Å². The molecule has 0 saturated carbocycles. The SMILES string of the molecule is CCCC.[CH3-].[Cl-].[Mg+2]. The maximum absolute atomic E-state index is 2.18. The molecule has 42 valence electrons. The Kier molecular flexibility index (Phi) is 96.5. The van der Waals surface area contributed by atoms with Gasteiger partial charge in [-0.15, -0.1) is 0 Å². The van der Waals surface area contributed by atoms with E-state index in [4.69, 9.17) is 0 Å². The van der Waals surface area contributed by atoms with Crippen LogP contribution in [0.15, 0.2) is 0 Å². The Morgan fingerprint density at radius 2 is 1.14 bits per heavy atom. The summed E-state index contributed by atoms with van der Waals surface area (Å²) < 4.78 is 0. The topological polar surface area (TPSA) is 0 Å². The number of unbranched alkanes of at least 4 members (excludes halogenated alkanes) is 1. The molecule has 0 aromatic heterocycles. The minimum Gasteiger partial charge on any atom is -1.00 e. The summed E-state index contributed by atoms with van der Waals surface area (Å²) in [6.45, 7) is 4.36. The third kappa shape index (κ3) is 42.7. The molecule has 0 N–H and O–H groups in total. The van der Waals surface area contributed by atoms with Crippen LogP contribution in [-0.2, 0) is 0 Å². The van der Waals surface area contributed by atoms with Gasteiger partial charge in [0.1, 0.15) is 0 Å². The van der Waals surface area contributed by atoms with Gasteiger partial charge in [-0.3, -0.25) is 0 Å². The molecule has 0 aromatic rings. The molecule has 0 fully saturated rings. The fourth-order valence-electron chi connectivity index (χ4n) is 0. The van der Waals surface area contributed by atoms with E-state index in [1.165, 1.54) is 12.8 Å². The van der Waals surface area contributed by atoms with E-state index in [-0.39, 0.29) is 42.9 Å². The molecule has 7 heavy (non-hydrogen) atoms. The van der Waals surface area contributed by atoms with E-state index in [1.54, 1.807) is 0 Å². The van der Waals surface area contributed by atoms with E-state index in [0.717, 1.165) is 0 Å². The molecule has 0 aromatic carbocycles. The number of halogens is 1. The van der Waals surface area contributed by atoms with E-state index < -0.39 is 0 Å². The third-order valence-electron chi connectivity index (χ3n) is 0.500. The predicted octanol–water partition coefficient (Wildman–Crippen LogP) is -1.12. The monoisotopic (exact) mass is 132 g/mol. The van der Waals surface area contributed by atoms with Crippen LogP contribution in [-0.4, -0.2) is 23.1 Å². The summed E-state index contributed by atoms with van der Waals surface area (Å²) in [6.07, 6.45) is 2.64. The summed E-state index contributed by atoms with van der Waals surface area (Å²) in [5.74, 6) is 0. The van der Waals surface area contributed by atoms with Crippen molar-refractivity contribution in [3.8, 4) is 0 Å². The second-order valence-corrected chi connectivity index (χ2v) is 1.000. The molecule has 0 amide bonds. The van der Waals surface area contributed by atoms with E-state index >= 15 is 0 Å². The second-order valence-electron chi connectivity index (χ2n) is 1.000. The van der Waals surface area contributed by atoms with Crippen LogP contribution in [0, 0.1) is 7.43 Å². The van der Waals surface area contributed by atoms with Crippen LogP contribution in [0.4, 0.5) is 0 Å². The average Bonchev–Trinajstić information content (AvgIpc) is 1.37. The zero-order valence-corrected chi connectivity index (χ0v) is 7.67. The molecule has 0 spiro atoms. The van der Waals surface area contributed by atoms with Crippen LogP contribution in [0.1, 0.15) is 26.7 Å². The van der Waals surface area contributed by atoms with Gasteiger partial charge in [-0.05, 0) is 0 Å². The molecule has 0 nitrogen and oxygen atoms in total. The molecule has 0 atom stereocenters. The fourth-order valence-corrected chi connectivity index (χ4v) is 0. The molecule has 0 radical (unpaired) electrons. The molecule has 0 unspecified atom stereocenters. The van der Waals surface area contributed by atoms with Crippen LogP contribution >= 0.6 is 0 Å². The summed E-state index contributed by atoms with van der Waals surface area (Å²) in [7, 11) is 0. The third-order valence-corrected chi connectivity index (χ3v) is 0.500. The first-order valence-corrected chi connectivity index (χ1v) is 1.91. The van der Waals surface area contributed by atoms with Gasteiger partial charge >= 0.3 is 23.1 Å². The number of rotatable bonds is 1. The molecular formula is C5H13ClMg. The maximum atomic E-state index is 2.18. The van der Waals surface area contributed by atoms with Gasteiger partial charge in [0.2, 0.25) is 0 Å². The number of hydrogen-bond donors (Lipinski definition) is 0. The summed E-state index contributed by atoms with van der Waals surface area (Å²) in [5.41, 5.74) is 0. The second kappa shape index (κ2) is 27.7. The van der Waals surface area contributed by atoms with Gasteiger partial charge in [0, 0.05) is 0 Å². The van der Waals surface area contributed by atoms with Crippen molar-refractivity contribution in [2.75, 3.05) is 0 Å². The normalized spacial score (nSPS) is 4.29. The Bertz CT molecular complexity index is 10.0. The Labute approximate surface area is 69.6 Å². The van der Waals surface area contributed by atoms with Crippen LogP contribution in [0.25, 0.3) is 0 Å². The average molecular weight is 133 g/mol. The first kappa shape index (κ1) is 24.4. The van der Waals surface area contributed by atoms with Gasteiger partial charge in [0.05, 0.1) is 0 Å². The Morgan fingerprint density at radius 3 is 1.14 bits per heavy atom. The van der Waals surface area contributed by atoms with E-state index in [2.05, 4.69) is 13.8 Å². The van der Waals surface area contributed by atoms with Crippen LogP contribution in [0.3, 0.4) is 0 Å². The zero-order chi connectivity index (χ0) is 3.41. The minimum absolute atomic E-state index is 0. The zero-order valence-electron chi connectivity index (χ0n) is 5.50.